The van der Waals surface area contributed by atoms with Crippen molar-refractivity contribution in [3.8, 4) is 11.5 Å². The molecule has 0 radical (unpaired) electrons. The zero-order valence-electron chi connectivity index (χ0n) is 14.9. The van der Waals surface area contributed by atoms with E-state index in [1.807, 2.05) is 25.1 Å². The summed E-state index contributed by atoms with van der Waals surface area (Å²) in [7, 11) is 3.19. The van der Waals surface area contributed by atoms with Gasteiger partial charge >= 0.3 is 12.2 Å². The highest BCUT2D eigenvalue weighted by atomic mass is 16.6. The van der Waals surface area contributed by atoms with Gasteiger partial charge in [0.15, 0.2) is 0 Å². The first-order valence-electron chi connectivity index (χ1n) is 8.21. The van der Waals surface area contributed by atoms with Crippen LogP contribution in [-0.4, -0.2) is 36.1 Å². The lowest BCUT2D eigenvalue weighted by molar-refractivity contribution is 0.119. The van der Waals surface area contributed by atoms with Gasteiger partial charge in [0.25, 0.3) is 0 Å². The molecule has 2 aromatic carbocycles. The van der Waals surface area contributed by atoms with E-state index in [1.165, 1.54) is 4.90 Å². The van der Waals surface area contributed by atoms with E-state index >= 15 is 0 Å². The highest BCUT2D eigenvalue weighted by Gasteiger charge is 2.30. The van der Waals surface area contributed by atoms with Crippen LogP contribution in [0.25, 0.3) is 0 Å². The van der Waals surface area contributed by atoms with Gasteiger partial charge in [0.2, 0.25) is 0 Å². The predicted octanol–water partition coefficient (Wildman–Crippen LogP) is 3.40. The Morgan fingerprint density at radius 3 is 2.73 bits per heavy atom. The first kappa shape index (κ1) is 17.6. The maximum Gasteiger partial charge on any atom is 0.416 e. The number of hydrogen-bond acceptors (Lipinski definition) is 5. The molecule has 2 N–H and O–H groups in total. The molecule has 1 heterocycles. The number of anilines is 1. The number of rotatable bonds is 3. The van der Waals surface area contributed by atoms with Crippen LogP contribution < -0.4 is 15.2 Å². The Bertz CT molecular complexity index is 850. The number of ether oxygens (including phenoxy) is 2. The van der Waals surface area contributed by atoms with Crippen LogP contribution in [0.1, 0.15) is 24.1 Å². The second-order valence-electron chi connectivity index (χ2n) is 6.37. The summed E-state index contributed by atoms with van der Waals surface area (Å²) >= 11 is 0. The lowest BCUT2D eigenvalue weighted by Crippen LogP contribution is -2.38. The largest absolute Gasteiger partial charge is 0.416 e. The highest BCUT2D eigenvalue weighted by molar-refractivity contribution is 5.75. The Morgan fingerprint density at radius 2 is 2.04 bits per heavy atom. The standard InChI is InChI=1S/C19H21N3O4/c1-12(13-5-4-6-15(20)9-13)22-11-14-7-8-16(25-18(23)21(2)3)10-17(14)26-19(22)24/h4-10,12H,11,20H2,1-3H3/t12-/m0/s1. The van der Waals surface area contributed by atoms with E-state index in [-0.39, 0.29) is 6.04 Å². The molecule has 2 aromatic rings. The molecule has 0 saturated carbocycles. The molecule has 3 rings (SSSR count). The van der Waals surface area contributed by atoms with Gasteiger partial charge in [-0.1, -0.05) is 12.1 Å². The predicted molar refractivity (Wildman–Crippen MR) is 97.0 cm³/mol. The molecule has 1 aliphatic rings. The maximum atomic E-state index is 12.5. The van der Waals surface area contributed by atoms with Crippen LogP contribution in [0.5, 0.6) is 11.5 Å². The van der Waals surface area contributed by atoms with Crippen LogP contribution in [0, 0.1) is 0 Å². The van der Waals surface area contributed by atoms with Crippen molar-refractivity contribution >= 4 is 17.9 Å². The third-order valence-corrected chi connectivity index (χ3v) is 4.24. The number of nitrogens with two attached hydrogens (primary N) is 1. The molecule has 7 heteroatoms. The van der Waals surface area contributed by atoms with Gasteiger partial charge in [-0.3, -0.25) is 4.90 Å². The van der Waals surface area contributed by atoms with Crippen molar-refractivity contribution in [2.24, 2.45) is 0 Å². The van der Waals surface area contributed by atoms with Crippen molar-refractivity contribution in [2.45, 2.75) is 19.5 Å². The van der Waals surface area contributed by atoms with E-state index < -0.39 is 12.2 Å². The molecule has 0 spiro atoms. The summed E-state index contributed by atoms with van der Waals surface area (Å²) in [4.78, 5) is 27.1. The molecule has 0 saturated heterocycles. The summed E-state index contributed by atoms with van der Waals surface area (Å²) in [5.41, 5.74) is 8.25. The Labute approximate surface area is 151 Å². The number of benzene rings is 2. The van der Waals surface area contributed by atoms with Crippen molar-refractivity contribution in [2.75, 3.05) is 19.8 Å². The Hall–Kier alpha value is -3.22. The number of amides is 2. The monoisotopic (exact) mass is 355 g/mol. The fourth-order valence-electron chi connectivity index (χ4n) is 2.71. The van der Waals surface area contributed by atoms with E-state index in [1.54, 1.807) is 43.3 Å². The fourth-order valence-corrected chi connectivity index (χ4v) is 2.71. The summed E-state index contributed by atoms with van der Waals surface area (Å²) < 4.78 is 10.7. The summed E-state index contributed by atoms with van der Waals surface area (Å²) in [6, 6.07) is 12.3. The average Bonchev–Trinajstić information content (AvgIpc) is 2.60. The second kappa shape index (κ2) is 6.95. The fraction of sp³-hybridized carbons (Fsp3) is 0.263. The minimum absolute atomic E-state index is 0.189. The number of nitrogen functional groups attached to an aromatic ring is 1. The van der Waals surface area contributed by atoms with Crippen molar-refractivity contribution in [3.63, 3.8) is 0 Å². The molecule has 0 unspecified atom stereocenters. The second-order valence-corrected chi connectivity index (χ2v) is 6.37. The average molecular weight is 355 g/mol. The SMILES string of the molecule is C[C@@H](c1cccc(N)c1)N1Cc2ccc(OC(=O)N(C)C)cc2OC1=O. The molecular weight excluding hydrogens is 334 g/mol. The molecule has 0 fully saturated rings. The van der Waals surface area contributed by atoms with Gasteiger partial charge in [0, 0.05) is 31.4 Å². The van der Waals surface area contributed by atoms with Crippen LogP contribution in [0.4, 0.5) is 15.3 Å². The third-order valence-electron chi connectivity index (χ3n) is 4.24. The van der Waals surface area contributed by atoms with E-state index in [9.17, 15) is 9.59 Å². The van der Waals surface area contributed by atoms with E-state index in [2.05, 4.69) is 0 Å². The smallest absolute Gasteiger partial charge is 0.410 e. The topological polar surface area (TPSA) is 85.1 Å². The van der Waals surface area contributed by atoms with Gasteiger partial charge in [-0.05, 0) is 36.8 Å². The van der Waals surface area contributed by atoms with Gasteiger partial charge in [-0.2, -0.15) is 0 Å². The molecule has 1 aliphatic heterocycles. The molecule has 0 aliphatic carbocycles. The highest BCUT2D eigenvalue weighted by Crippen LogP contribution is 2.34. The van der Waals surface area contributed by atoms with Gasteiger partial charge in [-0.15, -0.1) is 0 Å². The lowest BCUT2D eigenvalue weighted by atomic mass is 10.0. The van der Waals surface area contributed by atoms with Crippen LogP contribution >= 0.6 is 0 Å². The van der Waals surface area contributed by atoms with E-state index in [0.717, 1.165) is 11.1 Å². The lowest BCUT2D eigenvalue weighted by Gasteiger charge is -2.33. The zero-order valence-corrected chi connectivity index (χ0v) is 14.9. The molecule has 1 atom stereocenters. The number of carbonyl (C=O) groups excluding carboxylic acids is 2. The Balaban J connectivity index is 1.80. The normalized spacial score (nSPS) is 14.3. The number of nitrogens with zero attached hydrogens (tertiary/aromatic N) is 2. The molecule has 2 amide bonds. The van der Waals surface area contributed by atoms with Crippen molar-refractivity contribution in [3.05, 3.63) is 53.6 Å². The van der Waals surface area contributed by atoms with Gasteiger partial charge in [-0.25, -0.2) is 9.59 Å². The summed E-state index contributed by atoms with van der Waals surface area (Å²) in [5, 5.41) is 0. The minimum atomic E-state index is -0.496. The minimum Gasteiger partial charge on any atom is -0.410 e. The Kier molecular flexibility index (Phi) is 4.71. The molecule has 0 aromatic heterocycles. The Morgan fingerprint density at radius 1 is 1.27 bits per heavy atom. The van der Waals surface area contributed by atoms with Crippen LogP contribution in [-0.2, 0) is 6.54 Å². The number of hydrogen-bond donors (Lipinski definition) is 1. The van der Waals surface area contributed by atoms with Gasteiger partial charge in [0.05, 0.1) is 12.6 Å². The van der Waals surface area contributed by atoms with Crippen LogP contribution in [0.3, 0.4) is 0 Å². The molecule has 136 valence electrons. The van der Waals surface area contributed by atoms with Gasteiger partial charge < -0.3 is 20.1 Å². The molecule has 0 bridgehead atoms. The van der Waals surface area contributed by atoms with Crippen molar-refractivity contribution in [1.82, 2.24) is 9.80 Å². The summed E-state index contributed by atoms with van der Waals surface area (Å²) in [6.07, 6.45) is -0.951. The summed E-state index contributed by atoms with van der Waals surface area (Å²) in [6.45, 7) is 2.32. The van der Waals surface area contributed by atoms with Crippen LogP contribution in [0.2, 0.25) is 0 Å². The first-order chi connectivity index (χ1) is 12.3. The third kappa shape index (κ3) is 3.56. The van der Waals surface area contributed by atoms with Crippen molar-refractivity contribution in [1.29, 1.82) is 0 Å². The van der Waals surface area contributed by atoms with Crippen LogP contribution in [0.15, 0.2) is 42.5 Å². The van der Waals surface area contributed by atoms with E-state index in [4.69, 9.17) is 15.2 Å². The zero-order chi connectivity index (χ0) is 18.8. The number of carbonyl (C=O) groups is 2. The maximum absolute atomic E-state index is 12.5. The molecule has 26 heavy (non-hydrogen) atoms. The van der Waals surface area contributed by atoms with Crippen molar-refractivity contribution < 1.29 is 19.1 Å². The molecular formula is C19H21N3O4. The number of fused-ring (bicyclic) bond motifs is 1. The molecule has 7 nitrogen and oxygen atoms in total. The van der Waals surface area contributed by atoms with E-state index in [0.29, 0.717) is 23.7 Å². The first-order valence-corrected chi connectivity index (χ1v) is 8.21. The van der Waals surface area contributed by atoms with Gasteiger partial charge in [0.1, 0.15) is 11.5 Å². The quantitative estimate of drug-likeness (QED) is 0.853. The summed E-state index contributed by atoms with van der Waals surface area (Å²) in [5.74, 6) is 0.725.